The van der Waals surface area contributed by atoms with Gasteiger partial charge in [-0.25, -0.2) is 23.4 Å². The van der Waals surface area contributed by atoms with E-state index in [-0.39, 0.29) is 5.75 Å². The molecule has 5 heterocycles. The lowest BCUT2D eigenvalue weighted by Gasteiger charge is -2.24. The van der Waals surface area contributed by atoms with Gasteiger partial charge in [0.15, 0.2) is 11.5 Å². The molecule has 3 aromatic heterocycles. The van der Waals surface area contributed by atoms with Crippen molar-refractivity contribution in [2.24, 2.45) is 0 Å². The van der Waals surface area contributed by atoms with Crippen LogP contribution in [0.3, 0.4) is 0 Å². The highest BCUT2D eigenvalue weighted by Crippen LogP contribution is 2.26. The molecule has 0 saturated carbocycles. The number of rotatable bonds is 4. The van der Waals surface area contributed by atoms with Crippen LogP contribution in [0.1, 0.15) is 19.3 Å². The van der Waals surface area contributed by atoms with Gasteiger partial charge >= 0.3 is 0 Å². The molecule has 9 nitrogen and oxygen atoms in total. The number of pyridine rings is 1. The van der Waals surface area contributed by atoms with Crippen LogP contribution in [-0.2, 0) is 10.0 Å². The first-order chi connectivity index (χ1) is 14.1. The first-order valence-corrected chi connectivity index (χ1v) is 11.5. The normalized spacial score (nSPS) is 21.5. The molecule has 0 radical (unpaired) electrons. The molecule has 152 valence electrons. The fourth-order valence-corrected chi connectivity index (χ4v) is 5.44. The fraction of sp³-hybridized carbons (Fsp3) is 0.421. The van der Waals surface area contributed by atoms with Crippen molar-refractivity contribution in [1.82, 2.24) is 24.7 Å². The van der Waals surface area contributed by atoms with Crippen LogP contribution in [0.5, 0.6) is 0 Å². The first kappa shape index (κ1) is 18.3. The lowest BCUT2D eigenvalue weighted by atomic mass is 10.1. The van der Waals surface area contributed by atoms with Crippen LogP contribution < -0.4 is 14.9 Å². The SMILES string of the molecule is O=S1(=O)CCCN1c1cn2c(-c3cccc(N[C@@H]4CCCNC4)n3)cnc2cn1. The van der Waals surface area contributed by atoms with Gasteiger partial charge in [-0.3, -0.25) is 8.71 Å². The second-order valence-corrected chi connectivity index (χ2v) is 9.47. The van der Waals surface area contributed by atoms with Gasteiger partial charge in [-0.15, -0.1) is 0 Å². The second-order valence-electron chi connectivity index (χ2n) is 7.45. The Kier molecular flexibility index (Phi) is 4.59. The number of hydrogen-bond acceptors (Lipinski definition) is 7. The smallest absolute Gasteiger partial charge is 0.236 e. The highest BCUT2D eigenvalue weighted by atomic mass is 32.2. The van der Waals surface area contributed by atoms with Gasteiger partial charge in [0.1, 0.15) is 5.82 Å². The largest absolute Gasteiger partial charge is 0.366 e. The summed E-state index contributed by atoms with van der Waals surface area (Å²) < 4.78 is 27.7. The van der Waals surface area contributed by atoms with Gasteiger partial charge in [0.25, 0.3) is 0 Å². The molecule has 2 fully saturated rings. The number of anilines is 2. The molecule has 2 N–H and O–H groups in total. The van der Waals surface area contributed by atoms with E-state index in [1.54, 1.807) is 18.6 Å². The summed E-state index contributed by atoms with van der Waals surface area (Å²) in [5.41, 5.74) is 2.22. The van der Waals surface area contributed by atoms with E-state index in [2.05, 4.69) is 20.6 Å². The van der Waals surface area contributed by atoms with Gasteiger partial charge in [0, 0.05) is 19.1 Å². The van der Waals surface area contributed by atoms with Crippen LogP contribution in [0.25, 0.3) is 17.0 Å². The van der Waals surface area contributed by atoms with E-state index in [1.165, 1.54) is 4.31 Å². The van der Waals surface area contributed by atoms with Crippen molar-refractivity contribution in [3.8, 4) is 11.4 Å². The number of aromatic nitrogens is 4. The van der Waals surface area contributed by atoms with E-state index in [1.807, 2.05) is 22.6 Å². The van der Waals surface area contributed by atoms with Gasteiger partial charge in [0.05, 0.1) is 35.7 Å². The van der Waals surface area contributed by atoms with Crippen LogP contribution in [0.15, 0.2) is 36.8 Å². The Morgan fingerprint density at radius 3 is 2.90 bits per heavy atom. The van der Waals surface area contributed by atoms with Crippen molar-refractivity contribution in [2.45, 2.75) is 25.3 Å². The van der Waals surface area contributed by atoms with Crippen molar-refractivity contribution in [1.29, 1.82) is 0 Å². The van der Waals surface area contributed by atoms with Crippen LogP contribution in [-0.4, -0.2) is 59.2 Å². The fourth-order valence-electron chi connectivity index (χ4n) is 3.94. The van der Waals surface area contributed by atoms with Gasteiger partial charge in [-0.05, 0) is 37.9 Å². The zero-order chi connectivity index (χ0) is 19.8. The number of fused-ring (bicyclic) bond motifs is 1. The number of nitrogens with one attached hydrogen (secondary N) is 2. The lowest BCUT2D eigenvalue weighted by molar-refractivity contribution is 0.479. The van der Waals surface area contributed by atoms with Gasteiger partial charge in [-0.1, -0.05) is 6.07 Å². The zero-order valence-electron chi connectivity index (χ0n) is 16.0. The van der Waals surface area contributed by atoms with E-state index < -0.39 is 10.0 Å². The minimum Gasteiger partial charge on any atom is -0.366 e. The number of sulfonamides is 1. The van der Waals surface area contributed by atoms with Crippen molar-refractivity contribution >= 4 is 27.3 Å². The Bertz CT molecular complexity index is 1140. The Morgan fingerprint density at radius 2 is 2.10 bits per heavy atom. The third kappa shape index (κ3) is 3.53. The average Bonchev–Trinajstić information content (AvgIpc) is 3.31. The van der Waals surface area contributed by atoms with Crippen molar-refractivity contribution in [3.63, 3.8) is 0 Å². The highest BCUT2D eigenvalue weighted by molar-refractivity contribution is 7.93. The summed E-state index contributed by atoms with van der Waals surface area (Å²) in [7, 11) is -3.29. The van der Waals surface area contributed by atoms with Crippen molar-refractivity contribution < 1.29 is 8.42 Å². The van der Waals surface area contributed by atoms with Gasteiger partial charge in [0.2, 0.25) is 10.0 Å². The molecule has 2 aliphatic heterocycles. The minimum absolute atomic E-state index is 0.162. The Balaban J connectivity index is 1.48. The predicted molar refractivity (Wildman–Crippen MR) is 111 cm³/mol. The summed E-state index contributed by atoms with van der Waals surface area (Å²) in [6.07, 6.45) is 7.96. The first-order valence-electron chi connectivity index (χ1n) is 9.88. The maximum absolute atomic E-state index is 12.3. The van der Waals surface area contributed by atoms with E-state index in [9.17, 15) is 8.42 Å². The standard InChI is InChI=1S/C19H23N7O2S/c27-29(28)9-3-8-26(29)19-13-25-16(11-21-18(25)12-22-19)15-5-1-6-17(24-15)23-14-4-2-7-20-10-14/h1,5-6,11-14,20H,2-4,7-10H2,(H,23,24)/t14-/m1/s1. The van der Waals surface area contributed by atoms with Crippen LogP contribution in [0.4, 0.5) is 11.6 Å². The van der Waals surface area contributed by atoms with Crippen molar-refractivity contribution in [2.75, 3.05) is 35.0 Å². The predicted octanol–water partition coefficient (Wildman–Crippen LogP) is 1.50. The molecule has 29 heavy (non-hydrogen) atoms. The topological polar surface area (TPSA) is 105 Å². The maximum atomic E-state index is 12.3. The summed E-state index contributed by atoms with van der Waals surface area (Å²) in [6.45, 7) is 2.45. The third-order valence-corrected chi connectivity index (χ3v) is 7.24. The molecule has 0 aliphatic carbocycles. The molecular formula is C19H23N7O2S. The summed E-state index contributed by atoms with van der Waals surface area (Å²) >= 11 is 0. The van der Waals surface area contributed by atoms with Crippen LogP contribution >= 0.6 is 0 Å². The molecule has 5 rings (SSSR count). The summed E-state index contributed by atoms with van der Waals surface area (Å²) in [5, 5.41) is 6.89. The molecule has 0 amide bonds. The molecule has 0 unspecified atom stereocenters. The number of nitrogens with zero attached hydrogens (tertiary/aromatic N) is 5. The number of piperidine rings is 1. The van der Waals surface area contributed by atoms with E-state index in [0.29, 0.717) is 30.5 Å². The van der Waals surface area contributed by atoms with Gasteiger partial charge in [-0.2, -0.15) is 0 Å². The molecule has 0 spiro atoms. The van der Waals surface area contributed by atoms with E-state index >= 15 is 0 Å². The molecule has 3 aromatic rings. The number of hydrogen-bond donors (Lipinski definition) is 2. The lowest BCUT2D eigenvalue weighted by Crippen LogP contribution is -2.38. The average molecular weight is 414 g/mol. The Morgan fingerprint density at radius 1 is 1.17 bits per heavy atom. The molecule has 0 bridgehead atoms. The molecular weight excluding hydrogens is 390 g/mol. The molecule has 0 aromatic carbocycles. The monoisotopic (exact) mass is 413 g/mol. The summed E-state index contributed by atoms with van der Waals surface area (Å²) in [5.74, 6) is 1.40. The summed E-state index contributed by atoms with van der Waals surface area (Å²) in [4.78, 5) is 13.5. The van der Waals surface area contributed by atoms with Crippen LogP contribution in [0.2, 0.25) is 0 Å². The molecule has 2 aliphatic rings. The Labute approximate surface area is 169 Å². The van der Waals surface area contributed by atoms with E-state index in [4.69, 9.17) is 4.98 Å². The molecule has 2 saturated heterocycles. The minimum atomic E-state index is -3.29. The quantitative estimate of drug-likeness (QED) is 0.668. The number of imidazole rings is 1. The zero-order valence-corrected chi connectivity index (χ0v) is 16.8. The summed E-state index contributed by atoms with van der Waals surface area (Å²) in [6, 6.07) is 6.23. The maximum Gasteiger partial charge on any atom is 0.236 e. The molecule has 1 atom stereocenters. The van der Waals surface area contributed by atoms with Gasteiger partial charge < -0.3 is 10.6 Å². The highest BCUT2D eigenvalue weighted by Gasteiger charge is 2.29. The second kappa shape index (κ2) is 7.27. The Hall–Kier alpha value is -2.72. The molecule has 10 heteroatoms. The van der Waals surface area contributed by atoms with Crippen LogP contribution in [0, 0.1) is 0 Å². The third-order valence-electron chi connectivity index (χ3n) is 5.40. The van der Waals surface area contributed by atoms with E-state index in [0.717, 1.165) is 43.1 Å². The van der Waals surface area contributed by atoms with Crippen molar-refractivity contribution in [3.05, 3.63) is 36.8 Å².